The fourth-order valence-corrected chi connectivity index (χ4v) is 5.38. The molecule has 316 valence electrons. The van der Waals surface area contributed by atoms with Crippen molar-refractivity contribution in [3.05, 3.63) is 0 Å². The molecule has 0 unspecified atom stereocenters. The Morgan fingerprint density at radius 1 is 0.673 bits per heavy atom. The van der Waals surface area contributed by atoms with Crippen LogP contribution in [-0.2, 0) is 47.8 Å². The standard InChI is InChI=1S/C37H66N6O12/c1-13-19-37(14-2,43-32(50)36(9,10)42-31(49)26(16-18-28(46)54-12)41-34(52)55-35(6,7)8)33(51)40-25(15-17-27(45)53-11)30(48)38-23(5)29(47)39-24(21-44)20-22(3)4/h22-26,44H,13-21H2,1-12H3,(H,38,48)(H,39,47)(H,40,51)(H,41,52)(H,42,49)(H,43,50)/t23-,24-,25-,26-,37-/m0/s1. The van der Waals surface area contributed by atoms with Gasteiger partial charge in [0.1, 0.15) is 34.8 Å². The molecule has 0 aromatic rings. The number of hydrogen-bond acceptors (Lipinski definition) is 12. The van der Waals surface area contributed by atoms with Crippen LogP contribution in [0.25, 0.3) is 0 Å². The van der Waals surface area contributed by atoms with Gasteiger partial charge < -0.3 is 51.2 Å². The number of esters is 2. The zero-order valence-electron chi connectivity index (χ0n) is 34.7. The molecule has 0 aliphatic carbocycles. The van der Waals surface area contributed by atoms with Crippen molar-refractivity contribution in [1.29, 1.82) is 0 Å². The quantitative estimate of drug-likeness (QED) is 0.0571. The molecule has 0 aliphatic heterocycles. The molecule has 0 aromatic carbocycles. The van der Waals surface area contributed by atoms with Crippen molar-refractivity contribution in [3.8, 4) is 0 Å². The van der Waals surface area contributed by atoms with Crippen molar-refractivity contribution in [1.82, 2.24) is 31.9 Å². The van der Waals surface area contributed by atoms with E-state index in [0.29, 0.717) is 12.8 Å². The lowest BCUT2D eigenvalue weighted by molar-refractivity contribution is -0.143. The van der Waals surface area contributed by atoms with Gasteiger partial charge in [0.15, 0.2) is 0 Å². The van der Waals surface area contributed by atoms with Crippen LogP contribution in [0.3, 0.4) is 0 Å². The lowest BCUT2D eigenvalue weighted by Gasteiger charge is -2.37. The summed E-state index contributed by atoms with van der Waals surface area (Å²) in [5.74, 6) is -4.79. The molecule has 0 saturated heterocycles. The summed E-state index contributed by atoms with van der Waals surface area (Å²) in [6, 6.07) is -4.26. The van der Waals surface area contributed by atoms with Crippen molar-refractivity contribution in [2.45, 2.75) is 161 Å². The molecule has 0 rings (SSSR count). The molecule has 0 aromatic heterocycles. The molecule has 18 heteroatoms. The second-order valence-electron chi connectivity index (χ2n) is 15.5. The van der Waals surface area contributed by atoms with E-state index in [-0.39, 0.29) is 51.0 Å². The predicted molar refractivity (Wildman–Crippen MR) is 202 cm³/mol. The first-order valence-corrected chi connectivity index (χ1v) is 18.7. The van der Waals surface area contributed by atoms with Gasteiger partial charge in [-0.1, -0.05) is 34.1 Å². The molecule has 55 heavy (non-hydrogen) atoms. The van der Waals surface area contributed by atoms with Crippen LogP contribution in [0.2, 0.25) is 0 Å². The molecule has 0 radical (unpaired) electrons. The first-order chi connectivity index (χ1) is 25.4. The Balaban J connectivity index is 6.29. The highest BCUT2D eigenvalue weighted by atomic mass is 16.6. The van der Waals surface area contributed by atoms with Crippen molar-refractivity contribution in [3.63, 3.8) is 0 Å². The van der Waals surface area contributed by atoms with Crippen LogP contribution in [0.1, 0.15) is 121 Å². The van der Waals surface area contributed by atoms with Gasteiger partial charge in [0.2, 0.25) is 29.5 Å². The number of ether oxygens (including phenoxy) is 3. The summed E-state index contributed by atoms with van der Waals surface area (Å²) in [5.41, 5.74) is -4.18. The summed E-state index contributed by atoms with van der Waals surface area (Å²) in [4.78, 5) is 104. The number of aliphatic hydroxyl groups excluding tert-OH is 1. The summed E-state index contributed by atoms with van der Waals surface area (Å²) < 4.78 is 14.6. The number of hydrogen-bond donors (Lipinski definition) is 7. The van der Waals surface area contributed by atoms with E-state index in [1.54, 1.807) is 34.6 Å². The summed E-state index contributed by atoms with van der Waals surface area (Å²) in [6.45, 7) is 16.1. The summed E-state index contributed by atoms with van der Waals surface area (Å²) >= 11 is 0. The third kappa shape index (κ3) is 18.6. The highest BCUT2D eigenvalue weighted by Crippen LogP contribution is 2.21. The molecule has 0 bridgehead atoms. The highest BCUT2D eigenvalue weighted by Gasteiger charge is 2.43. The summed E-state index contributed by atoms with van der Waals surface area (Å²) in [5, 5.41) is 25.3. The maximum Gasteiger partial charge on any atom is 0.408 e. The molecule has 0 fully saturated rings. The predicted octanol–water partition coefficient (Wildman–Crippen LogP) is 1.26. The van der Waals surface area contributed by atoms with E-state index in [1.807, 2.05) is 13.8 Å². The van der Waals surface area contributed by atoms with E-state index >= 15 is 0 Å². The number of carbonyl (C=O) groups is 8. The molecular formula is C37H66N6O12. The van der Waals surface area contributed by atoms with Crippen molar-refractivity contribution >= 4 is 47.6 Å². The van der Waals surface area contributed by atoms with Gasteiger partial charge in [-0.05, 0) is 79.6 Å². The first-order valence-electron chi connectivity index (χ1n) is 18.7. The van der Waals surface area contributed by atoms with Crippen LogP contribution in [-0.4, -0.2) is 114 Å². The lowest BCUT2D eigenvalue weighted by Crippen LogP contribution is -2.67. The first kappa shape index (κ1) is 50.5. The van der Waals surface area contributed by atoms with Gasteiger partial charge in [0.25, 0.3) is 0 Å². The van der Waals surface area contributed by atoms with Gasteiger partial charge in [-0.25, -0.2) is 4.79 Å². The van der Waals surface area contributed by atoms with E-state index in [4.69, 9.17) is 9.47 Å². The Kier molecular flexibility index (Phi) is 21.5. The van der Waals surface area contributed by atoms with Crippen LogP contribution >= 0.6 is 0 Å². The fourth-order valence-electron chi connectivity index (χ4n) is 5.38. The number of amides is 6. The summed E-state index contributed by atoms with van der Waals surface area (Å²) in [7, 11) is 2.35. The van der Waals surface area contributed by atoms with Gasteiger partial charge in [0.05, 0.1) is 26.9 Å². The zero-order valence-corrected chi connectivity index (χ0v) is 34.7. The SMILES string of the molecule is CCC[C@](CC)(NC(=O)C(C)(C)NC(=O)[C@H](CCC(=O)OC)NC(=O)OC(C)(C)C)C(=O)N[C@@H](CCC(=O)OC)C(=O)N[C@@H](C)C(=O)N[C@H](CO)CC(C)C. The molecule has 0 aliphatic rings. The van der Waals surface area contributed by atoms with E-state index in [2.05, 4.69) is 36.6 Å². The van der Waals surface area contributed by atoms with Crippen LogP contribution in [0.5, 0.6) is 0 Å². The van der Waals surface area contributed by atoms with E-state index in [0.717, 1.165) is 0 Å². The second kappa shape index (κ2) is 23.4. The Hall–Kier alpha value is -4.48. The molecule has 0 spiro atoms. The van der Waals surface area contributed by atoms with E-state index < -0.39 is 88.4 Å². The average molecular weight is 787 g/mol. The number of carbonyl (C=O) groups excluding carboxylic acids is 8. The Morgan fingerprint density at radius 3 is 1.64 bits per heavy atom. The van der Waals surface area contributed by atoms with Crippen LogP contribution in [0.4, 0.5) is 4.79 Å². The normalized spacial score (nSPS) is 14.8. The molecule has 18 nitrogen and oxygen atoms in total. The molecular weight excluding hydrogens is 720 g/mol. The van der Waals surface area contributed by atoms with Gasteiger partial charge in [-0.2, -0.15) is 0 Å². The minimum atomic E-state index is -1.68. The van der Waals surface area contributed by atoms with E-state index in [9.17, 15) is 43.5 Å². The molecule has 0 heterocycles. The number of aliphatic hydroxyl groups is 1. The summed E-state index contributed by atoms with van der Waals surface area (Å²) in [6.07, 6.45) is -0.740. The van der Waals surface area contributed by atoms with Crippen molar-refractivity contribution in [2.24, 2.45) is 5.92 Å². The van der Waals surface area contributed by atoms with Gasteiger partial charge in [-0.3, -0.25) is 33.6 Å². The number of rotatable bonds is 23. The number of alkyl carbamates (subject to hydrolysis) is 1. The smallest absolute Gasteiger partial charge is 0.408 e. The minimum Gasteiger partial charge on any atom is -0.469 e. The lowest BCUT2D eigenvalue weighted by atomic mass is 9.87. The molecule has 6 amide bonds. The van der Waals surface area contributed by atoms with E-state index in [1.165, 1.54) is 35.0 Å². The topological polar surface area (TPSA) is 257 Å². The third-order valence-electron chi connectivity index (χ3n) is 8.50. The van der Waals surface area contributed by atoms with Gasteiger partial charge >= 0.3 is 18.0 Å². The largest absolute Gasteiger partial charge is 0.469 e. The highest BCUT2D eigenvalue weighted by molar-refractivity contribution is 5.99. The van der Waals surface area contributed by atoms with Crippen LogP contribution < -0.4 is 31.9 Å². The third-order valence-corrected chi connectivity index (χ3v) is 8.50. The Morgan fingerprint density at radius 2 is 1.20 bits per heavy atom. The van der Waals surface area contributed by atoms with Crippen LogP contribution in [0.15, 0.2) is 0 Å². The molecule has 5 atom stereocenters. The monoisotopic (exact) mass is 786 g/mol. The van der Waals surface area contributed by atoms with Gasteiger partial charge in [-0.15, -0.1) is 0 Å². The Bertz CT molecular complexity index is 1330. The average Bonchev–Trinajstić information content (AvgIpc) is 3.08. The maximum atomic E-state index is 14.1. The second-order valence-corrected chi connectivity index (χ2v) is 15.5. The van der Waals surface area contributed by atoms with Crippen molar-refractivity contribution < 1.29 is 57.7 Å². The van der Waals surface area contributed by atoms with Gasteiger partial charge in [0, 0.05) is 12.8 Å². The Labute approximate surface area is 325 Å². The van der Waals surface area contributed by atoms with Crippen LogP contribution in [0, 0.1) is 5.92 Å². The molecule has 0 saturated carbocycles. The maximum absolute atomic E-state index is 14.1. The number of nitrogens with one attached hydrogen (secondary N) is 6. The zero-order chi connectivity index (χ0) is 42.7. The number of methoxy groups -OCH3 is 2. The van der Waals surface area contributed by atoms with Crippen molar-refractivity contribution in [2.75, 3.05) is 20.8 Å². The molecule has 7 N–H and O–H groups in total. The fraction of sp³-hybridized carbons (Fsp3) is 0.784. The minimum absolute atomic E-state index is 0.0486.